The lowest BCUT2D eigenvalue weighted by atomic mass is 10.3. The molecule has 0 bridgehead atoms. The van der Waals surface area contributed by atoms with Gasteiger partial charge in [-0.2, -0.15) is 4.98 Å². The third-order valence-corrected chi connectivity index (χ3v) is 3.17. The predicted molar refractivity (Wildman–Crippen MR) is 70.8 cm³/mol. The molecule has 4 nitrogen and oxygen atoms in total. The monoisotopic (exact) mass is 261 g/mol. The van der Waals surface area contributed by atoms with Gasteiger partial charge in [0.15, 0.2) is 0 Å². The van der Waals surface area contributed by atoms with Crippen LogP contribution in [0.15, 0.2) is 34.9 Å². The SMILES string of the molecule is CN(c1cccc(F)c1)c1nc(CNC2CC2)co1. The van der Waals surface area contributed by atoms with Crippen molar-refractivity contribution in [2.45, 2.75) is 25.4 Å². The smallest absolute Gasteiger partial charge is 0.301 e. The summed E-state index contributed by atoms with van der Waals surface area (Å²) in [5.41, 5.74) is 1.58. The lowest BCUT2D eigenvalue weighted by Gasteiger charge is -2.14. The van der Waals surface area contributed by atoms with E-state index in [9.17, 15) is 4.39 Å². The highest BCUT2D eigenvalue weighted by molar-refractivity contribution is 5.55. The number of benzene rings is 1. The summed E-state index contributed by atoms with van der Waals surface area (Å²) in [6.45, 7) is 0.713. The van der Waals surface area contributed by atoms with Crippen LogP contribution in [0, 0.1) is 5.82 Å². The Balaban J connectivity index is 1.70. The van der Waals surface area contributed by atoms with Gasteiger partial charge in [-0.15, -0.1) is 0 Å². The number of aromatic nitrogens is 1. The van der Waals surface area contributed by atoms with E-state index < -0.39 is 0 Å². The maximum Gasteiger partial charge on any atom is 0.301 e. The molecule has 0 spiro atoms. The van der Waals surface area contributed by atoms with Crippen molar-refractivity contribution in [3.63, 3.8) is 0 Å². The van der Waals surface area contributed by atoms with Gasteiger partial charge in [-0.05, 0) is 31.0 Å². The molecular weight excluding hydrogens is 245 g/mol. The number of rotatable bonds is 5. The number of anilines is 2. The van der Waals surface area contributed by atoms with Crippen LogP contribution in [0.1, 0.15) is 18.5 Å². The zero-order valence-corrected chi connectivity index (χ0v) is 10.8. The maximum absolute atomic E-state index is 13.2. The molecule has 0 amide bonds. The summed E-state index contributed by atoms with van der Waals surface area (Å²) >= 11 is 0. The molecule has 1 aliphatic rings. The second kappa shape index (κ2) is 5.01. The summed E-state index contributed by atoms with van der Waals surface area (Å²) < 4.78 is 18.6. The highest BCUT2D eigenvalue weighted by atomic mass is 19.1. The first-order chi connectivity index (χ1) is 9.22. The van der Waals surface area contributed by atoms with Crippen molar-refractivity contribution in [2.24, 2.45) is 0 Å². The summed E-state index contributed by atoms with van der Waals surface area (Å²) in [6.07, 6.45) is 4.13. The standard InChI is InChI=1S/C14H16FN3O/c1-18(13-4-2-3-10(15)7-13)14-17-12(9-19-14)8-16-11-5-6-11/h2-4,7,9,11,16H,5-6,8H2,1H3. The topological polar surface area (TPSA) is 41.3 Å². The first-order valence-corrected chi connectivity index (χ1v) is 6.39. The van der Waals surface area contributed by atoms with Crippen molar-refractivity contribution in [3.8, 4) is 0 Å². The molecule has 1 saturated carbocycles. The van der Waals surface area contributed by atoms with Crippen molar-refractivity contribution in [2.75, 3.05) is 11.9 Å². The third-order valence-electron chi connectivity index (χ3n) is 3.17. The normalized spacial score (nSPS) is 14.6. The summed E-state index contributed by atoms with van der Waals surface area (Å²) in [6, 6.07) is 7.46. The summed E-state index contributed by atoms with van der Waals surface area (Å²) in [5.74, 6) is -0.272. The Labute approximate surface area is 111 Å². The molecule has 1 aromatic heterocycles. The quantitative estimate of drug-likeness (QED) is 0.898. The molecule has 3 rings (SSSR count). The Bertz CT molecular complexity index is 565. The van der Waals surface area contributed by atoms with E-state index in [2.05, 4.69) is 10.3 Å². The second-order valence-electron chi connectivity index (χ2n) is 4.82. The molecule has 0 atom stereocenters. The molecule has 1 aliphatic carbocycles. The van der Waals surface area contributed by atoms with Crippen LogP contribution < -0.4 is 10.2 Å². The van der Waals surface area contributed by atoms with Crippen LogP contribution >= 0.6 is 0 Å². The lowest BCUT2D eigenvalue weighted by Crippen LogP contribution is -2.16. The Morgan fingerprint density at radius 2 is 2.32 bits per heavy atom. The van der Waals surface area contributed by atoms with Crippen LogP contribution in [0.3, 0.4) is 0 Å². The van der Waals surface area contributed by atoms with Gasteiger partial charge in [0.25, 0.3) is 0 Å². The number of halogens is 1. The van der Waals surface area contributed by atoms with E-state index in [1.807, 2.05) is 6.07 Å². The van der Waals surface area contributed by atoms with Gasteiger partial charge < -0.3 is 9.73 Å². The molecule has 0 aliphatic heterocycles. The van der Waals surface area contributed by atoms with Gasteiger partial charge in [-0.3, -0.25) is 4.90 Å². The van der Waals surface area contributed by atoms with Crippen molar-refractivity contribution in [1.82, 2.24) is 10.3 Å². The number of hydrogen-bond donors (Lipinski definition) is 1. The predicted octanol–water partition coefficient (Wildman–Crippen LogP) is 2.83. The van der Waals surface area contributed by atoms with E-state index in [0.717, 1.165) is 5.69 Å². The average Bonchev–Trinajstić information content (AvgIpc) is 3.13. The van der Waals surface area contributed by atoms with Gasteiger partial charge in [0.2, 0.25) is 0 Å². The molecule has 0 unspecified atom stereocenters. The van der Waals surface area contributed by atoms with Crippen molar-refractivity contribution in [1.29, 1.82) is 0 Å². The minimum atomic E-state index is -0.272. The first-order valence-electron chi connectivity index (χ1n) is 6.39. The van der Waals surface area contributed by atoms with Crippen LogP contribution in [-0.2, 0) is 6.54 Å². The molecule has 0 radical (unpaired) electrons. The van der Waals surface area contributed by atoms with E-state index in [1.165, 1.54) is 25.0 Å². The second-order valence-corrected chi connectivity index (χ2v) is 4.82. The molecule has 1 N–H and O–H groups in total. The fraction of sp³-hybridized carbons (Fsp3) is 0.357. The highest BCUT2D eigenvalue weighted by Crippen LogP contribution is 2.24. The zero-order chi connectivity index (χ0) is 13.2. The van der Waals surface area contributed by atoms with Gasteiger partial charge >= 0.3 is 6.01 Å². The molecule has 1 aromatic carbocycles. The van der Waals surface area contributed by atoms with Crippen molar-refractivity contribution in [3.05, 3.63) is 42.0 Å². The minimum absolute atomic E-state index is 0.272. The molecule has 19 heavy (non-hydrogen) atoms. The fourth-order valence-corrected chi connectivity index (χ4v) is 1.86. The summed E-state index contributed by atoms with van der Waals surface area (Å²) in [5, 5.41) is 3.37. The molecule has 1 fully saturated rings. The molecule has 0 saturated heterocycles. The number of nitrogens with one attached hydrogen (secondary N) is 1. The highest BCUT2D eigenvalue weighted by Gasteiger charge is 2.21. The molecule has 2 aromatic rings. The largest absolute Gasteiger partial charge is 0.431 e. The summed E-state index contributed by atoms with van der Waals surface area (Å²) in [7, 11) is 1.80. The van der Waals surface area contributed by atoms with E-state index in [1.54, 1.807) is 24.3 Å². The Morgan fingerprint density at radius 3 is 3.05 bits per heavy atom. The fourth-order valence-electron chi connectivity index (χ4n) is 1.86. The van der Waals surface area contributed by atoms with Crippen molar-refractivity contribution < 1.29 is 8.81 Å². The van der Waals surface area contributed by atoms with E-state index in [4.69, 9.17) is 4.42 Å². The molecular formula is C14H16FN3O. The van der Waals surface area contributed by atoms with Gasteiger partial charge in [-0.25, -0.2) is 4.39 Å². The van der Waals surface area contributed by atoms with Crippen LogP contribution in [0.25, 0.3) is 0 Å². The molecule has 5 heteroatoms. The number of hydrogen-bond acceptors (Lipinski definition) is 4. The number of nitrogens with zero attached hydrogens (tertiary/aromatic N) is 2. The van der Waals surface area contributed by atoms with Gasteiger partial charge in [0.05, 0.1) is 5.69 Å². The van der Waals surface area contributed by atoms with E-state index in [-0.39, 0.29) is 5.82 Å². The van der Waals surface area contributed by atoms with Gasteiger partial charge in [0.1, 0.15) is 12.1 Å². The van der Waals surface area contributed by atoms with Crippen molar-refractivity contribution >= 4 is 11.7 Å². The van der Waals surface area contributed by atoms with Crippen LogP contribution in [0.5, 0.6) is 0 Å². The third kappa shape index (κ3) is 2.93. The zero-order valence-electron chi connectivity index (χ0n) is 10.8. The first kappa shape index (κ1) is 12.2. The van der Waals surface area contributed by atoms with Gasteiger partial charge in [-0.1, -0.05) is 6.07 Å². The van der Waals surface area contributed by atoms with Crippen LogP contribution in [0.4, 0.5) is 16.1 Å². The minimum Gasteiger partial charge on any atom is -0.431 e. The molecule has 100 valence electrons. The van der Waals surface area contributed by atoms with Crippen LogP contribution in [-0.4, -0.2) is 18.1 Å². The number of oxazole rings is 1. The average molecular weight is 261 g/mol. The lowest BCUT2D eigenvalue weighted by molar-refractivity contribution is 0.557. The van der Waals surface area contributed by atoms with Crippen LogP contribution in [0.2, 0.25) is 0 Å². The van der Waals surface area contributed by atoms with E-state index in [0.29, 0.717) is 24.3 Å². The Hall–Kier alpha value is -1.88. The van der Waals surface area contributed by atoms with E-state index >= 15 is 0 Å². The maximum atomic E-state index is 13.2. The Morgan fingerprint density at radius 1 is 1.47 bits per heavy atom. The molecule has 1 heterocycles. The van der Waals surface area contributed by atoms with Gasteiger partial charge in [0, 0.05) is 25.3 Å². The Kier molecular flexibility index (Phi) is 3.21. The summed E-state index contributed by atoms with van der Waals surface area (Å²) in [4.78, 5) is 6.12.